The van der Waals surface area contributed by atoms with Gasteiger partial charge in [0.15, 0.2) is 0 Å². The van der Waals surface area contributed by atoms with Crippen molar-refractivity contribution < 1.29 is 4.74 Å². The van der Waals surface area contributed by atoms with Gasteiger partial charge < -0.3 is 15.0 Å². The van der Waals surface area contributed by atoms with Gasteiger partial charge in [-0.2, -0.15) is 9.78 Å². The van der Waals surface area contributed by atoms with E-state index in [1.54, 1.807) is 6.20 Å². The monoisotopic (exact) mass is 398 g/mol. The van der Waals surface area contributed by atoms with Crippen molar-refractivity contribution in [1.82, 2.24) is 20.1 Å². The maximum atomic E-state index is 12.7. The molecule has 2 bridgehead atoms. The van der Waals surface area contributed by atoms with Crippen LogP contribution in [0.3, 0.4) is 0 Å². The van der Waals surface area contributed by atoms with Crippen LogP contribution in [-0.2, 0) is 13.0 Å². The zero-order valence-electron chi connectivity index (χ0n) is 16.5. The highest BCUT2D eigenvalue weighted by molar-refractivity contribution is 5.87. The number of fused-ring (bicyclic) bond motifs is 6. The third kappa shape index (κ3) is 2.92. The van der Waals surface area contributed by atoms with Crippen molar-refractivity contribution in [3.8, 4) is 11.4 Å². The molecule has 2 aliphatic heterocycles. The van der Waals surface area contributed by atoms with E-state index in [1.165, 1.54) is 40.2 Å². The van der Waals surface area contributed by atoms with Gasteiger partial charge in [0.1, 0.15) is 12.4 Å². The molecule has 150 valence electrons. The quantitative estimate of drug-likeness (QED) is 0.551. The number of H-pyrrole nitrogens is 1. The minimum Gasteiger partial charge on any atom is -0.487 e. The summed E-state index contributed by atoms with van der Waals surface area (Å²) in [5.41, 5.74) is 5.38. The third-order valence-corrected chi connectivity index (χ3v) is 6.21. The fraction of sp³-hybridized carbons (Fsp3) is 0.250. The van der Waals surface area contributed by atoms with Crippen molar-refractivity contribution >= 4 is 10.9 Å². The van der Waals surface area contributed by atoms with Crippen molar-refractivity contribution in [2.24, 2.45) is 0 Å². The van der Waals surface area contributed by atoms with Gasteiger partial charge in [0.25, 0.3) is 5.56 Å². The van der Waals surface area contributed by atoms with Gasteiger partial charge in [-0.15, -0.1) is 0 Å². The average molecular weight is 398 g/mol. The molecule has 0 aliphatic carbocycles. The molecule has 2 atom stereocenters. The maximum Gasteiger partial charge on any atom is 0.275 e. The maximum absolute atomic E-state index is 12.7. The molecule has 6 heteroatoms. The van der Waals surface area contributed by atoms with E-state index in [0.29, 0.717) is 24.4 Å². The molecule has 4 heterocycles. The van der Waals surface area contributed by atoms with Gasteiger partial charge in [-0.05, 0) is 36.1 Å². The van der Waals surface area contributed by atoms with Crippen molar-refractivity contribution in [1.29, 1.82) is 0 Å². The second kappa shape index (κ2) is 6.85. The van der Waals surface area contributed by atoms with E-state index in [0.717, 1.165) is 23.2 Å². The van der Waals surface area contributed by atoms with Crippen LogP contribution >= 0.6 is 0 Å². The van der Waals surface area contributed by atoms with Crippen LogP contribution in [0.25, 0.3) is 16.6 Å². The van der Waals surface area contributed by atoms with E-state index in [9.17, 15) is 4.79 Å². The lowest BCUT2D eigenvalue weighted by Crippen LogP contribution is -2.31. The standard InChI is InChI=1S/C24H22N4O2/c29-23-12-18(30-14-15-4-2-1-3-5-15)13-25-28(23)17-7-8-19-21(11-17)27-22-10-16-6-9-20(26-16)24(19)22/h1-5,7-8,11-13,16,20,26-27H,6,9-10,14H2. The van der Waals surface area contributed by atoms with Gasteiger partial charge in [-0.25, -0.2) is 0 Å². The highest BCUT2D eigenvalue weighted by Gasteiger charge is 2.34. The summed E-state index contributed by atoms with van der Waals surface area (Å²) >= 11 is 0. The summed E-state index contributed by atoms with van der Waals surface area (Å²) in [6, 6.07) is 18.5. The van der Waals surface area contributed by atoms with Gasteiger partial charge in [0.05, 0.1) is 11.9 Å². The molecule has 0 saturated carbocycles. The Bertz CT molecular complexity index is 1290. The Kier molecular flexibility index (Phi) is 3.99. The molecule has 6 rings (SSSR count). The van der Waals surface area contributed by atoms with Crippen molar-refractivity contribution in [3.63, 3.8) is 0 Å². The Morgan fingerprint density at radius 2 is 2.00 bits per heavy atom. The van der Waals surface area contributed by atoms with Gasteiger partial charge >= 0.3 is 0 Å². The van der Waals surface area contributed by atoms with Crippen LogP contribution in [0.5, 0.6) is 5.75 Å². The predicted molar refractivity (Wildman–Crippen MR) is 115 cm³/mol. The summed E-state index contributed by atoms with van der Waals surface area (Å²) in [6.07, 6.45) is 5.07. The zero-order valence-corrected chi connectivity index (χ0v) is 16.5. The summed E-state index contributed by atoms with van der Waals surface area (Å²) in [4.78, 5) is 16.3. The largest absolute Gasteiger partial charge is 0.487 e. The Hall–Kier alpha value is -3.38. The van der Waals surface area contributed by atoms with E-state index in [-0.39, 0.29) is 5.56 Å². The Balaban J connectivity index is 1.29. The molecule has 2 aliphatic rings. The SMILES string of the molecule is O=c1cc(OCc2ccccc2)cnn1-c1ccc2c3c([nH]c2c1)CC1CCC3N1. The summed E-state index contributed by atoms with van der Waals surface area (Å²) in [5, 5.41) is 9.29. The van der Waals surface area contributed by atoms with Crippen LogP contribution in [-0.4, -0.2) is 20.8 Å². The lowest BCUT2D eigenvalue weighted by atomic mass is 9.99. The first-order valence-electron chi connectivity index (χ1n) is 10.4. The first-order valence-corrected chi connectivity index (χ1v) is 10.4. The van der Waals surface area contributed by atoms with Crippen LogP contribution in [0.2, 0.25) is 0 Å². The highest BCUT2D eigenvalue weighted by Crippen LogP contribution is 2.40. The molecule has 0 amide bonds. The first kappa shape index (κ1) is 17.5. The number of benzene rings is 2. The van der Waals surface area contributed by atoms with Crippen LogP contribution in [0.1, 0.15) is 35.7 Å². The van der Waals surface area contributed by atoms with E-state index in [4.69, 9.17) is 4.74 Å². The van der Waals surface area contributed by atoms with Gasteiger partial charge in [0.2, 0.25) is 0 Å². The smallest absolute Gasteiger partial charge is 0.275 e. The third-order valence-electron chi connectivity index (χ3n) is 6.21. The molecular formula is C24H22N4O2. The minimum atomic E-state index is -0.211. The molecular weight excluding hydrogens is 376 g/mol. The second-order valence-electron chi connectivity index (χ2n) is 8.16. The number of aromatic amines is 1. The molecule has 6 nitrogen and oxygen atoms in total. The van der Waals surface area contributed by atoms with E-state index < -0.39 is 0 Å². The predicted octanol–water partition coefficient (Wildman–Crippen LogP) is 3.64. The molecule has 2 aromatic heterocycles. The average Bonchev–Trinajstić information content (AvgIpc) is 3.33. The number of aromatic nitrogens is 3. The number of nitrogens with one attached hydrogen (secondary N) is 2. The first-order chi connectivity index (χ1) is 14.7. The highest BCUT2D eigenvalue weighted by atomic mass is 16.5. The number of rotatable bonds is 4. The fourth-order valence-electron chi connectivity index (χ4n) is 4.81. The normalized spacial score (nSPS) is 19.7. The van der Waals surface area contributed by atoms with Crippen molar-refractivity contribution in [2.45, 2.75) is 38.0 Å². The van der Waals surface area contributed by atoms with E-state index in [1.807, 2.05) is 42.5 Å². The lowest BCUT2D eigenvalue weighted by Gasteiger charge is -2.21. The Labute approximate surface area is 173 Å². The number of hydrogen-bond acceptors (Lipinski definition) is 4. The van der Waals surface area contributed by atoms with Crippen molar-refractivity contribution in [2.75, 3.05) is 0 Å². The van der Waals surface area contributed by atoms with E-state index >= 15 is 0 Å². The molecule has 0 spiro atoms. The number of hydrogen-bond donors (Lipinski definition) is 2. The molecule has 0 radical (unpaired) electrons. The summed E-state index contributed by atoms with van der Waals surface area (Å²) in [7, 11) is 0. The Morgan fingerprint density at radius 3 is 2.87 bits per heavy atom. The fourth-order valence-corrected chi connectivity index (χ4v) is 4.81. The van der Waals surface area contributed by atoms with Crippen LogP contribution < -0.4 is 15.6 Å². The zero-order chi connectivity index (χ0) is 20.1. The van der Waals surface area contributed by atoms with Gasteiger partial charge in [-0.3, -0.25) is 4.79 Å². The molecule has 4 aromatic rings. The van der Waals surface area contributed by atoms with Crippen LogP contribution in [0.4, 0.5) is 0 Å². The Morgan fingerprint density at radius 1 is 1.10 bits per heavy atom. The molecule has 2 aromatic carbocycles. The minimum absolute atomic E-state index is 0.211. The summed E-state index contributed by atoms with van der Waals surface area (Å²) in [5.74, 6) is 0.471. The molecule has 1 fully saturated rings. The lowest BCUT2D eigenvalue weighted by molar-refractivity contribution is 0.303. The van der Waals surface area contributed by atoms with Crippen LogP contribution in [0, 0.1) is 0 Å². The molecule has 30 heavy (non-hydrogen) atoms. The second-order valence-corrected chi connectivity index (χ2v) is 8.16. The van der Waals surface area contributed by atoms with Crippen molar-refractivity contribution in [3.05, 3.63) is 88.0 Å². The number of nitrogens with zero attached hydrogens (tertiary/aromatic N) is 2. The molecule has 1 saturated heterocycles. The topological polar surface area (TPSA) is 71.9 Å². The summed E-state index contributed by atoms with van der Waals surface area (Å²) < 4.78 is 7.14. The van der Waals surface area contributed by atoms with Gasteiger partial charge in [0, 0.05) is 41.2 Å². The van der Waals surface area contributed by atoms with Crippen LogP contribution in [0.15, 0.2) is 65.6 Å². The number of ether oxygens (including phenoxy) is 1. The van der Waals surface area contributed by atoms with E-state index in [2.05, 4.69) is 21.5 Å². The summed E-state index contributed by atoms with van der Waals surface area (Å²) in [6.45, 7) is 0.405. The van der Waals surface area contributed by atoms with Gasteiger partial charge in [-0.1, -0.05) is 36.4 Å². The molecule has 2 N–H and O–H groups in total. The molecule has 2 unspecified atom stereocenters.